The molecule has 1 atom stereocenters. The maximum absolute atomic E-state index is 10.6. The van der Waals surface area contributed by atoms with Crippen molar-refractivity contribution < 1.29 is 24.4 Å². The third-order valence-corrected chi connectivity index (χ3v) is 5.06. The standard InChI is InChI=1S/C21H21NO5/c1-22-10-11-5-19(26-3)20(27-4)8-12(11)14-7-16(23)13-6-17(24)18(25-2)9-15(13)21(14)22/h5-10,20,23-24H,1-4H3. The number of hydrogen-bond donors (Lipinski definition) is 2. The van der Waals surface area contributed by atoms with Crippen LogP contribution in [0.4, 0.5) is 5.69 Å². The molecule has 1 aliphatic carbocycles. The minimum atomic E-state index is -0.300. The van der Waals surface area contributed by atoms with E-state index < -0.39 is 0 Å². The zero-order valence-corrected chi connectivity index (χ0v) is 15.6. The van der Waals surface area contributed by atoms with Crippen LogP contribution in [0.1, 0.15) is 5.56 Å². The van der Waals surface area contributed by atoms with Crippen LogP contribution in [-0.4, -0.2) is 44.7 Å². The van der Waals surface area contributed by atoms with Crippen molar-refractivity contribution in [2.24, 2.45) is 0 Å². The molecule has 1 unspecified atom stereocenters. The van der Waals surface area contributed by atoms with Gasteiger partial charge in [-0.25, -0.2) is 0 Å². The zero-order chi connectivity index (χ0) is 19.3. The molecule has 0 saturated heterocycles. The molecule has 0 spiro atoms. The van der Waals surface area contributed by atoms with Gasteiger partial charge in [-0.05, 0) is 35.9 Å². The zero-order valence-electron chi connectivity index (χ0n) is 15.6. The van der Waals surface area contributed by atoms with Crippen LogP contribution in [0.2, 0.25) is 0 Å². The Bertz CT molecular complexity index is 1030. The van der Waals surface area contributed by atoms with Crippen molar-refractivity contribution in [3.05, 3.63) is 53.4 Å². The summed E-state index contributed by atoms with van der Waals surface area (Å²) in [6.07, 6.45) is 5.64. The second kappa shape index (κ2) is 6.25. The summed E-state index contributed by atoms with van der Waals surface area (Å²) in [4.78, 5) is 2.00. The molecule has 0 aromatic heterocycles. The van der Waals surface area contributed by atoms with Crippen molar-refractivity contribution in [1.29, 1.82) is 0 Å². The van der Waals surface area contributed by atoms with Gasteiger partial charge in [0.1, 0.15) is 17.6 Å². The summed E-state index contributed by atoms with van der Waals surface area (Å²) in [6, 6.07) is 4.98. The van der Waals surface area contributed by atoms with Gasteiger partial charge in [0, 0.05) is 42.3 Å². The third-order valence-electron chi connectivity index (χ3n) is 5.06. The van der Waals surface area contributed by atoms with Crippen molar-refractivity contribution in [2.75, 3.05) is 33.3 Å². The Hall–Kier alpha value is -3.12. The van der Waals surface area contributed by atoms with E-state index in [-0.39, 0.29) is 17.6 Å². The lowest BCUT2D eigenvalue weighted by Gasteiger charge is -2.32. The van der Waals surface area contributed by atoms with Gasteiger partial charge in [0.25, 0.3) is 0 Å². The number of fused-ring (bicyclic) bond motifs is 5. The van der Waals surface area contributed by atoms with E-state index in [2.05, 4.69) is 0 Å². The molecule has 6 nitrogen and oxygen atoms in total. The number of rotatable bonds is 3. The molecule has 27 heavy (non-hydrogen) atoms. The van der Waals surface area contributed by atoms with Gasteiger partial charge >= 0.3 is 0 Å². The molecule has 1 heterocycles. The van der Waals surface area contributed by atoms with E-state index in [0.29, 0.717) is 11.1 Å². The van der Waals surface area contributed by atoms with Crippen LogP contribution in [0.25, 0.3) is 16.3 Å². The van der Waals surface area contributed by atoms with Crippen LogP contribution >= 0.6 is 0 Å². The first-order valence-electron chi connectivity index (χ1n) is 8.50. The molecule has 1 aliphatic heterocycles. The highest BCUT2D eigenvalue weighted by Gasteiger charge is 2.29. The molecule has 2 aromatic carbocycles. The predicted molar refractivity (Wildman–Crippen MR) is 104 cm³/mol. The Morgan fingerprint density at radius 3 is 2.41 bits per heavy atom. The third kappa shape index (κ3) is 2.52. The fourth-order valence-electron chi connectivity index (χ4n) is 3.78. The van der Waals surface area contributed by atoms with Gasteiger partial charge in [0.05, 0.1) is 19.9 Å². The maximum atomic E-state index is 10.6. The number of ether oxygens (including phenoxy) is 3. The Kier molecular flexibility index (Phi) is 4.00. The number of aromatic hydroxyl groups is 2. The Morgan fingerprint density at radius 2 is 1.74 bits per heavy atom. The highest BCUT2D eigenvalue weighted by molar-refractivity contribution is 6.08. The van der Waals surface area contributed by atoms with Crippen LogP contribution in [0.5, 0.6) is 17.2 Å². The smallest absolute Gasteiger partial charge is 0.161 e. The van der Waals surface area contributed by atoms with E-state index in [9.17, 15) is 10.2 Å². The monoisotopic (exact) mass is 367 g/mol. The van der Waals surface area contributed by atoms with Crippen molar-refractivity contribution >= 4 is 22.0 Å². The summed E-state index contributed by atoms with van der Waals surface area (Å²) in [5.74, 6) is 1.15. The van der Waals surface area contributed by atoms with Gasteiger partial charge in [-0.1, -0.05) is 0 Å². The van der Waals surface area contributed by atoms with Gasteiger partial charge in [0.2, 0.25) is 0 Å². The van der Waals surface area contributed by atoms with Crippen molar-refractivity contribution in [3.63, 3.8) is 0 Å². The van der Waals surface area contributed by atoms with E-state index >= 15 is 0 Å². The lowest BCUT2D eigenvalue weighted by atomic mass is 9.86. The maximum Gasteiger partial charge on any atom is 0.161 e. The van der Waals surface area contributed by atoms with Gasteiger partial charge in [-0.2, -0.15) is 0 Å². The molecule has 0 fully saturated rings. The molecule has 0 radical (unpaired) electrons. The number of nitrogens with zero attached hydrogens (tertiary/aromatic N) is 1. The van der Waals surface area contributed by atoms with Crippen LogP contribution in [0, 0.1) is 0 Å². The minimum absolute atomic E-state index is 0.0149. The number of benzene rings is 2. The summed E-state index contributed by atoms with van der Waals surface area (Å²) < 4.78 is 16.2. The topological polar surface area (TPSA) is 71.4 Å². The fourth-order valence-corrected chi connectivity index (χ4v) is 3.78. The second-order valence-electron chi connectivity index (χ2n) is 6.54. The number of anilines is 1. The average Bonchev–Trinajstić information content (AvgIpc) is 2.66. The average molecular weight is 367 g/mol. The number of methoxy groups -OCH3 is 3. The Labute approximate surface area is 157 Å². The SMILES string of the molecule is COC1=CC2=CN(C)c3c(cc(O)c4cc(O)c(OC)cc34)C2=CC1OC. The van der Waals surface area contributed by atoms with Crippen LogP contribution in [0.15, 0.2) is 47.9 Å². The molecular formula is C21H21NO5. The normalized spacial score (nSPS) is 18.3. The highest BCUT2D eigenvalue weighted by Crippen LogP contribution is 2.48. The van der Waals surface area contributed by atoms with Crippen molar-refractivity contribution in [3.8, 4) is 17.2 Å². The van der Waals surface area contributed by atoms with Crippen molar-refractivity contribution in [1.82, 2.24) is 0 Å². The molecule has 2 aliphatic rings. The summed E-state index contributed by atoms with van der Waals surface area (Å²) in [5, 5.41) is 22.1. The first-order valence-corrected chi connectivity index (χ1v) is 8.50. The molecule has 4 rings (SSSR count). The molecule has 6 heteroatoms. The summed E-state index contributed by atoms with van der Waals surface area (Å²) in [7, 11) is 6.70. The lowest BCUT2D eigenvalue weighted by Crippen LogP contribution is -2.22. The van der Waals surface area contributed by atoms with E-state index in [1.807, 2.05) is 30.3 Å². The van der Waals surface area contributed by atoms with Gasteiger partial charge in [-0.3, -0.25) is 0 Å². The van der Waals surface area contributed by atoms with E-state index in [1.165, 1.54) is 13.2 Å². The molecule has 0 saturated carbocycles. The van der Waals surface area contributed by atoms with E-state index in [0.717, 1.165) is 33.5 Å². The van der Waals surface area contributed by atoms with E-state index in [1.54, 1.807) is 26.4 Å². The Balaban J connectivity index is 2.01. The Morgan fingerprint density at radius 1 is 0.963 bits per heavy atom. The number of allylic oxidation sites excluding steroid dienone is 3. The molecular weight excluding hydrogens is 346 g/mol. The summed E-state index contributed by atoms with van der Waals surface area (Å²) in [6.45, 7) is 0. The van der Waals surface area contributed by atoms with Gasteiger partial charge < -0.3 is 29.3 Å². The fraction of sp³-hybridized carbons (Fsp3) is 0.238. The minimum Gasteiger partial charge on any atom is -0.507 e. The van der Waals surface area contributed by atoms with Crippen LogP contribution in [0.3, 0.4) is 0 Å². The molecule has 2 N–H and O–H groups in total. The molecule has 0 amide bonds. The van der Waals surface area contributed by atoms with Crippen molar-refractivity contribution in [2.45, 2.75) is 6.10 Å². The van der Waals surface area contributed by atoms with Gasteiger partial charge in [0.15, 0.2) is 11.5 Å². The quantitative estimate of drug-likeness (QED) is 0.865. The molecule has 0 bridgehead atoms. The number of hydrogen-bond acceptors (Lipinski definition) is 6. The van der Waals surface area contributed by atoms with Gasteiger partial charge in [-0.15, -0.1) is 0 Å². The van der Waals surface area contributed by atoms with E-state index in [4.69, 9.17) is 14.2 Å². The lowest BCUT2D eigenvalue weighted by molar-refractivity contribution is 0.110. The molecule has 140 valence electrons. The highest BCUT2D eigenvalue weighted by atomic mass is 16.5. The molecule has 2 aromatic rings. The number of phenolic OH excluding ortho intramolecular Hbond substituents is 2. The predicted octanol–water partition coefficient (Wildman–Crippen LogP) is 3.54. The second-order valence-corrected chi connectivity index (χ2v) is 6.54. The summed E-state index contributed by atoms with van der Waals surface area (Å²) in [5.41, 5.74) is 3.72. The van der Waals surface area contributed by atoms with Crippen LogP contribution in [-0.2, 0) is 9.47 Å². The van der Waals surface area contributed by atoms with Crippen LogP contribution < -0.4 is 9.64 Å². The first kappa shape index (κ1) is 17.3. The summed E-state index contributed by atoms with van der Waals surface area (Å²) >= 11 is 0. The largest absolute Gasteiger partial charge is 0.507 e. The first-order chi connectivity index (χ1) is 13.0. The number of phenols is 2.